The van der Waals surface area contributed by atoms with Gasteiger partial charge in [0.1, 0.15) is 18.1 Å². The van der Waals surface area contributed by atoms with E-state index >= 15 is 0 Å². The largest absolute Gasteiger partial charge is 0.481 e. The van der Waals surface area contributed by atoms with Crippen LogP contribution in [-0.4, -0.2) is 89.0 Å². The van der Waals surface area contributed by atoms with E-state index in [2.05, 4.69) is 40.9 Å². The third kappa shape index (κ3) is 8.26. The van der Waals surface area contributed by atoms with Gasteiger partial charge in [-0.1, -0.05) is 18.2 Å². The maximum absolute atomic E-state index is 13.7. The average molecular weight is 594 g/mol. The molecule has 226 valence electrons. The first-order valence-corrected chi connectivity index (χ1v) is 13.2. The number of rotatable bonds is 15. The smallest absolute Gasteiger partial charge is 0.326 e. The van der Waals surface area contributed by atoms with Gasteiger partial charge in [-0.2, -0.15) is 0 Å². The minimum Gasteiger partial charge on any atom is -0.481 e. The number of nitrogens with zero attached hydrogens (tertiary/aromatic N) is 2. The number of para-hydroxylation sites is 1. The molecule has 0 aliphatic rings. The normalized spacial score (nSPS) is 13.9. The molecule has 0 saturated carbocycles. The van der Waals surface area contributed by atoms with E-state index in [1.54, 1.807) is 6.20 Å². The van der Waals surface area contributed by atoms with Crippen LogP contribution in [0, 0.1) is 0 Å². The van der Waals surface area contributed by atoms with E-state index in [0.717, 1.165) is 10.9 Å². The van der Waals surface area contributed by atoms with Gasteiger partial charge in [-0.05, 0) is 11.6 Å². The molecule has 4 atom stereocenters. The monoisotopic (exact) mass is 593 g/mol. The van der Waals surface area contributed by atoms with Gasteiger partial charge in [-0.3, -0.25) is 19.2 Å². The number of carboxylic acids is 2. The number of amides is 3. The molecule has 4 rings (SSSR count). The Balaban J connectivity index is 1.57. The highest BCUT2D eigenvalue weighted by molar-refractivity contribution is 5.95. The molecular weight excluding hydrogens is 562 g/mol. The summed E-state index contributed by atoms with van der Waals surface area (Å²) in [4.78, 5) is 79.3. The molecule has 4 unspecified atom stereocenters. The zero-order valence-electron chi connectivity index (χ0n) is 22.7. The molecule has 43 heavy (non-hydrogen) atoms. The highest BCUT2D eigenvalue weighted by atomic mass is 16.4. The summed E-state index contributed by atoms with van der Waals surface area (Å²) in [5.74, 6) is -5.31. The molecule has 16 nitrogen and oxygen atoms in total. The predicted octanol–water partition coefficient (Wildman–Crippen LogP) is -1.02. The van der Waals surface area contributed by atoms with E-state index in [1.807, 2.05) is 24.3 Å². The first-order valence-electron chi connectivity index (χ1n) is 13.2. The van der Waals surface area contributed by atoms with Gasteiger partial charge < -0.3 is 46.8 Å². The Bertz CT molecular complexity index is 1570. The highest BCUT2D eigenvalue weighted by Gasteiger charge is 2.32. The maximum atomic E-state index is 13.7. The summed E-state index contributed by atoms with van der Waals surface area (Å²) >= 11 is 0. The SMILES string of the molecule is NC(Cc1cnc[nH]1)C(=O)NC(Cc1c[nH]c2ccccc12)C(=O)NC(Cc1cnc[nH]1)C(=O)NC(CC(=O)O)C(=O)O. The lowest BCUT2D eigenvalue weighted by atomic mass is 10.0. The van der Waals surface area contributed by atoms with E-state index in [4.69, 9.17) is 10.8 Å². The van der Waals surface area contributed by atoms with Crippen LogP contribution < -0.4 is 21.7 Å². The Hall–Kier alpha value is -5.51. The Morgan fingerprint density at radius 2 is 1.35 bits per heavy atom. The number of aliphatic carboxylic acids is 2. The Kier molecular flexibility index (Phi) is 9.85. The summed E-state index contributed by atoms with van der Waals surface area (Å²) < 4.78 is 0. The maximum Gasteiger partial charge on any atom is 0.326 e. The lowest BCUT2D eigenvalue weighted by Gasteiger charge is -2.25. The minimum atomic E-state index is -1.74. The Morgan fingerprint density at radius 3 is 1.95 bits per heavy atom. The van der Waals surface area contributed by atoms with Crippen molar-refractivity contribution in [3.63, 3.8) is 0 Å². The second kappa shape index (κ2) is 13.9. The van der Waals surface area contributed by atoms with Crippen molar-refractivity contribution in [2.75, 3.05) is 0 Å². The quantitative estimate of drug-likeness (QED) is 0.0810. The molecule has 3 aromatic heterocycles. The molecule has 0 aliphatic heterocycles. The molecule has 0 aliphatic carbocycles. The van der Waals surface area contributed by atoms with E-state index < -0.39 is 60.2 Å². The van der Waals surface area contributed by atoms with Crippen LogP contribution in [0.3, 0.4) is 0 Å². The first kappa shape index (κ1) is 30.4. The van der Waals surface area contributed by atoms with E-state index in [-0.39, 0.29) is 19.3 Å². The van der Waals surface area contributed by atoms with Gasteiger partial charge in [0.2, 0.25) is 17.7 Å². The van der Waals surface area contributed by atoms with Crippen LogP contribution in [0.1, 0.15) is 23.4 Å². The molecule has 10 N–H and O–H groups in total. The van der Waals surface area contributed by atoms with Gasteiger partial charge in [0, 0.05) is 60.1 Å². The topological polar surface area (TPSA) is 261 Å². The van der Waals surface area contributed by atoms with Crippen molar-refractivity contribution in [2.45, 2.75) is 49.9 Å². The third-order valence-electron chi connectivity index (χ3n) is 6.67. The molecule has 0 saturated heterocycles. The van der Waals surface area contributed by atoms with Crippen molar-refractivity contribution >= 4 is 40.6 Å². The summed E-state index contributed by atoms with van der Waals surface area (Å²) in [6, 6.07) is 2.04. The van der Waals surface area contributed by atoms with Crippen LogP contribution in [0.5, 0.6) is 0 Å². The molecule has 4 aromatic rings. The lowest BCUT2D eigenvalue weighted by Crippen LogP contribution is -2.58. The summed E-state index contributed by atoms with van der Waals surface area (Å²) in [6.07, 6.45) is 6.59. The van der Waals surface area contributed by atoms with Crippen molar-refractivity contribution in [3.8, 4) is 0 Å². The molecule has 16 heteroatoms. The molecule has 0 bridgehead atoms. The van der Waals surface area contributed by atoms with Crippen LogP contribution in [0.2, 0.25) is 0 Å². The van der Waals surface area contributed by atoms with Crippen molar-refractivity contribution in [1.29, 1.82) is 0 Å². The van der Waals surface area contributed by atoms with E-state index in [1.165, 1.54) is 25.0 Å². The van der Waals surface area contributed by atoms with E-state index in [9.17, 15) is 29.1 Å². The molecule has 3 heterocycles. The number of benzene rings is 1. The van der Waals surface area contributed by atoms with Gasteiger partial charge in [0.15, 0.2) is 0 Å². The van der Waals surface area contributed by atoms with Gasteiger partial charge in [-0.25, -0.2) is 14.8 Å². The Morgan fingerprint density at radius 1 is 0.767 bits per heavy atom. The molecule has 0 spiro atoms. The number of carboxylic acid groups (broad SMARTS) is 2. The standard InChI is InChI=1S/C27H31N9O7/c28-18(6-15-10-29-12-32-15)24(39)34-20(5-14-9-31-19-4-2-1-3-17(14)19)25(40)35-21(7-16-11-30-13-33-16)26(41)36-22(27(42)43)8-23(37)38/h1-4,9-13,18,20-22,31H,5-8,28H2,(H,29,32)(H,30,33)(H,34,39)(H,35,40)(H,36,41)(H,37,38)(H,42,43). The van der Waals surface area contributed by atoms with Crippen molar-refractivity contribution in [2.24, 2.45) is 5.73 Å². The Labute approximate surface area is 243 Å². The second-order valence-corrected chi connectivity index (χ2v) is 9.85. The van der Waals surface area contributed by atoms with Crippen LogP contribution in [-0.2, 0) is 43.2 Å². The molecule has 1 aromatic carbocycles. The van der Waals surface area contributed by atoms with E-state index in [0.29, 0.717) is 17.0 Å². The van der Waals surface area contributed by atoms with Crippen molar-refractivity contribution in [1.82, 2.24) is 40.9 Å². The number of aromatic amines is 3. The fraction of sp³-hybridized carbons (Fsp3) is 0.296. The number of imidazole rings is 2. The van der Waals surface area contributed by atoms with Crippen LogP contribution >= 0.6 is 0 Å². The van der Waals surface area contributed by atoms with Crippen LogP contribution in [0.25, 0.3) is 10.9 Å². The number of carbonyl (C=O) groups excluding carboxylic acids is 3. The third-order valence-corrected chi connectivity index (χ3v) is 6.67. The van der Waals surface area contributed by atoms with Gasteiger partial charge in [0.05, 0.1) is 25.1 Å². The minimum absolute atomic E-state index is 0.0214. The van der Waals surface area contributed by atoms with Crippen molar-refractivity contribution < 1.29 is 34.2 Å². The average Bonchev–Trinajstić information content (AvgIpc) is 3.75. The fourth-order valence-corrected chi connectivity index (χ4v) is 4.48. The number of nitrogens with two attached hydrogens (primary N) is 1. The highest BCUT2D eigenvalue weighted by Crippen LogP contribution is 2.19. The zero-order valence-corrected chi connectivity index (χ0v) is 22.7. The summed E-state index contributed by atoms with van der Waals surface area (Å²) in [7, 11) is 0. The van der Waals surface area contributed by atoms with Gasteiger partial charge in [-0.15, -0.1) is 0 Å². The molecule has 0 fully saturated rings. The van der Waals surface area contributed by atoms with Crippen molar-refractivity contribution in [3.05, 3.63) is 72.5 Å². The first-order chi connectivity index (χ1) is 20.6. The number of nitrogens with one attached hydrogen (secondary N) is 6. The second-order valence-electron chi connectivity index (χ2n) is 9.85. The molecular formula is C27H31N9O7. The summed E-state index contributed by atoms with van der Waals surface area (Å²) in [5, 5.41) is 26.7. The lowest BCUT2D eigenvalue weighted by molar-refractivity contribution is -0.147. The number of hydrogen-bond donors (Lipinski definition) is 9. The summed E-state index contributed by atoms with van der Waals surface area (Å²) in [5.41, 5.74) is 8.68. The molecule has 0 radical (unpaired) electrons. The number of hydrogen-bond acceptors (Lipinski definition) is 8. The van der Waals surface area contributed by atoms with Gasteiger partial charge >= 0.3 is 11.9 Å². The number of carbonyl (C=O) groups is 5. The number of aromatic nitrogens is 5. The number of fused-ring (bicyclic) bond motifs is 1. The predicted molar refractivity (Wildman–Crippen MR) is 150 cm³/mol. The fourth-order valence-electron chi connectivity index (χ4n) is 4.48. The molecule has 3 amide bonds. The number of H-pyrrole nitrogens is 3. The van der Waals surface area contributed by atoms with Crippen LogP contribution in [0.15, 0.2) is 55.5 Å². The zero-order chi connectivity index (χ0) is 30.9. The van der Waals surface area contributed by atoms with Crippen LogP contribution in [0.4, 0.5) is 0 Å². The summed E-state index contributed by atoms with van der Waals surface area (Å²) in [6.45, 7) is 0. The van der Waals surface area contributed by atoms with Gasteiger partial charge in [0.25, 0.3) is 0 Å².